The molecule has 0 saturated heterocycles. The molecule has 0 saturated carbocycles. The van der Waals surface area contributed by atoms with Gasteiger partial charge in [-0.25, -0.2) is 9.59 Å². The Hall–Kier alpha value is -4.08. The number of amides is 1. The maximum Gasteiger partial charge on any atom is 0.335 e. The minimum Gasteiger partial charge on any atom is -0.488 e. The Kier molecular flexibility index (Phi) is 7.19. The van der Waals surface area contributed by atoms with E-state index in [4.69, 9.17) is 16.3 Å². The van der Waals surface area contributed by atoms with Gasteiger partial charge in [0.2, 0.25) is 0 Å². The van der Waals surface area contributed by atoms with Gasteiger partial charge in [-0.05, 0) is 48.2 Å². The van der Waals surface area contributed by atoms with Gasteiger partial charge < -0.3 is 20.3 Å². The second-order valence-electron chi connectivity index (χ2n) is 7.29. The third kappa shape index (κ3) is 5.89. The van der Waals surface area contributed by atoms with E-state index in [9.17, 15) is 24.6 Å². The van der Waals surface area contributed by atoms with Crippen molar-refractivity contribution in [3.8, 4) is 5.75 Å². The molecule has 0 fully saturated rings. The number of rotatable bonds is 7. The minimum atomic E-state index is -1.28. The number of hydrogen-bond donors (Lipinski definition) is 3. The number of aliphatic imine (C=N–C) groups is 1. The molecule has 0 atom stereocenters. The molecular formula is C25H17ClN2O6S. The molecule has 176 valence electrons. The molecule has 1 aliphatic rings. The molecule has 3 N–H and O–H groups in total. The number of anilines is 1. The summed E-state index contributed by atoms with van der Waals surface area (Å²) in [5.41, 5.74) is 1.26. The Labute approximate surface area is 208 Å². The van der Waals surface area contributed by atoms with Crippen LogP contribution in [-0.4, -0.2) is 33.2 Å². The molecule has 10 heteroatoms. The molecular weight excluding hydrogens is 492 g/mol. The van der Waals surface area contributed by atoms with Gasteiger partial charge in [0, 0.05) is 21.8 Å². The summed E-state index contributed by atoms with van der Waals surface area (Å²) in [6, 6.07) is 18.1. The molecule has 1 heterocycles. The van der Waals surface area contributed by atoms with Crippen LogP contribution in [0.1, 0.15) is 31.8 Å². The zero-order valence-corrected chi connectivity index (χ0v) is 19.5. The minimum absolute atomic E-state index is 0.186. The average Bonchev–Trinajstić information content (AvgIpc) is 3.17. The largest absolute Gasteiger partial charge is 0.488 e. The van der Waals surface area contributed by atoms with E-state index < -0.39 is 17.8 Å². The number of carboxylic acid groups (broad SMARTS) is 2. The van der Waals surface area contributed by atoms with E-state index in [-0.39, 0.29) is 28.6 Å². The van der Waals surface area contributed by atoms with Gasteiger partial charge in [-0.1, -0.05) is 48.0 Å². The molecule has 1 aliphatic heterocycles. The van der Waals surface area contributed by atoms with Crippen molar-refractivity contribution in [2.24, 2.45) is 4.99 Å². The lowest BCUT2D eigenvalue weighted by molar-refractivity contribution is -0.113. The van der Waals surface area contributed by atoms with Crippen LogP contribution in [-0.2, 0) is 11.4 Å². The standard InChI is InChI=1S/C25H17ClN2O6S/c26-19-7-3-1-6-15(19)13-34-20-8-4-2-5-14(20)12-21-22(29)28-25(35-21)27-18-10-16(23(30)31)9-17(11-18)24(32)33/h1-12H,13H2,(H,30,31)(H,32,33)(H,27,28,29)/b21-12-. The Morgan fingerprint density at radius 3 is 2.34 bits per heavy atom. The number of amidine groups is 1. The topological polar surface area (TPSA) is 125 Å². The molecule has 1 amide bonds. The van der Waals surface area contributed by atoms with Crippen LogP contribution in [0, 0.1) is 0 Å². The van der Waals surface area contributed by atoms with Gasteiger partial charge in [0.05, 0.1) is 16.0 Å². The van der Waals surface area contributed by atoms with E-state index in [2.05, 4.69) is 10.3 Å². The number of nitrogens with zero attached hydrogens (tertiary/aromatic N) is 1. The number of halogens is 1. The molecule has 0 bridgehead atoms. The second-order valence-corrected chi connectivity index (χ2v) is 8.72. The molecule has 3 aromatic rings. The summed E-state index contributed by atoms with van der Waals surface area (Å²) in [5, 5.41) is 22.1. The monoisotopic (exact) mass is 508 g/mol. The molecule has 0 aliphatic carbocycles. The van der Waals surface area contributed by atoms with E-state index in [0.717, 1.165) is 23.4 Å². The molecule has 8 nitrogen and oxygen atoms in total. The maximum absolute atomic E-state index is 12.5. The summed E-state index contributed by atoms with van der Waals surface area (Å²) in [5.74, 6) is -2.49. The number of aromatic carboxylic acids is 2. The SMILES string of the molecule is O=C1N=C(Nc2cc(C(=O)O)cc(C(=O)O)c2)S/C1=C\c1ccccc1OCc1ccccc1Cl. The lowest BCUT2D eigenvalue weighted by Crippen LogP contribution is -2.09. The van der Waals surface area contributed by atoms with Gasteiger partial charge in [0.25, 0.3) is 5.91 Å². The zero-order valence-electron chi connectivity index (χ0n) is 17.9. The number of ether oxygens (including phenoxy) is 1. The Bertz CT molecular complexity index is 1370. The van der Waals surface area contributed by atoms with Crippen molar-refractivity contribution in [3.63, 3.8) is 0 Å². The summed E-state index contributed by atoms with van der Waals surface area (Å²) in [6.45, 7) is 0.246. The third-order valence-corrected chi connectivity index (χ3v) is 6.11. The maximum atomic E-state index is 12.5. The highest BCUT2D eigenvalue weighted by atomic mass is 35.5. The van der Waals surface area contributed by atoms with E-state index in [1.165, 1.54) is 12.1 Å². The summed E-state index contributed by atoms with van der Waals surface area (Å²) in [7, 11) is 0. The smallest absolute Gasteiger partial charge is 0.335 e. The van der Waals surface area contributed by atoms with Crippen LogP contribution in [0.15, 0.2) is 76.6 Å². The average molecular weight is 509 g/mol. The van der Waals surface area contributed by atoms with Gasteiger partial charge in [-0.2, -0.15) is 4.99 Å². The van der Waals surface area contributed by atoms with Crippen LogP contribution in [0.4, 0.5) is 5.69 Å². The van der Waals surface area contributed by atoms with Crippen LogP contribution in [0.5, 0.6) is 5.75 Å². The molecule has 0 unspecified atom stereocenters. The number of carboxylic acids is 2. The lowest BCUT2D eigenvalue weighted by Gasteiger charge is -2.11. The number of thioether (sulfide) groups is 1. The van der Waals surface area contributed by atoms with Crippen molar-refractivity contribution < 1.29 is 29.3 Å². The van der Waals surface area contributed by atoms with Crippen LogP contribution >= 0.6 is 23.4 Å². The normalized spacial score (nSPS) is 14.0. The predicted octanol–water partition coefficient (Wildman–Crippen LogP) is 5.40. The summed E-state index contributed by atoms with van der Waals surface area (Å²) in [4.78, 5) is 39.4. The van der Waals surface area contributed by atoms with Gasteiger partial charge in [-0.3, -0.25) is 4.79 Å². The number of benzene rings is 3. The molecule has 4 rings (SSSR count). The van der Waals surface area contributed by atoms with Crippen molar-refractivity contribution in [1.82, 2.24) is 0 Å². The Morgan fingerprint density at radius 2 is 1.66 bits per heavy atom. The van der Waals surface area contributed by atoms with Crippen molar-refractivity contribution in [3.05, 3.63) is 98.9 Å². The van der Waals surface area contributed by atoms with Gasteiger partial charge in [0.15, 0.2) is 5.17 Å². The van der Waals surface area contributed by atoms with E-state index in [1.807, 2.05) is 30.3 Å². The highest BCUT2D eigenvalue weighted by Crippen LogP contribution is 2.32. The molecule has 0 spiro atoms. The van der Waals surface area contributed by atoms with Crippen molar-refractivity contribution in [2.45, 2.75) is 6.61 Å². The summed E-state index contributed by atoms with van der Waals surface area (Å²) < 4.78 is 5.93. The fraction of sp³-hybridized carbons (Fsp3) is 0.0400. The quantitative estimate of drug-likeness (QED) is 0.362. The van der Waals surface area contributed by atoms with Gasteiger partial charge in [0.1, 0.15) is 12.4 Å². The van der Waals surface area contributed by atoms with Crippen molar-refractivity contribution in [1.29, 1.82) is 0 Å². The first-order chi connectivity index (χ1) is 16.8. The Balaban J connectivity index is 1.52. The summed E-state index contributed by atoms with van der Waals surface area (Å²) >= 11 is 7.24. The molecule has 0 aromatic heterocycles. The summed E-state index contributed by atoms with van der Waals surface area (Å²) in [6.07, 6.45) is 1.64. The first-order valence-electron chi connectivity index (χ1n) is 10.2. The van der Waals surface area contributed by atoms with Crippen LogP contribution in [0.25, 0.3) is 6.08 Å². The van der Waals surface area contributed by atoms with Crippen LogP contribution < -0.4 is 10.1 Å². The predicted molar refractivity (Wildman–Crippen MR) is 134 cm³/mol. The third-order valence-electron chi connectivity index (χ3n) is 4.85. The number of carbonyl (C=O) groups excluding carboxylic acids is 1. The highest BCUT2D eigenvalue weighted by Gasteiger charge is 2.23. The molecule has 35 heavy (non-hydrogen) atoms. The fourth-order valence-electron chi connectivity index (χ4n) is 3.18. The zero-order chi connectivity index (χ0) is 24.9. The molecule has 3 aromatic carbocycles. The van der Waals surface area contributed by atoms with E-state index in [0.29, 0.717) is 21.2 Å². The van der Waals surface area contributed by atoms with Crippen molar-refractivity contribution >= 4 is 58.1 Å². The number of carbonyl (C=O) groups is 3. The van der Waals surface area contributed by atoms with E-state index in [1.54, 1.807) is 24.3 Å². The van der Waals surface area contributed by atoms with E-state index >= 15 is 0 Å². The van der Waals surface area contributed by atoms with Gasteiger partial charge in [-0.15, -0.1) is 0 Å². The first-order valence-corrected chi connectivity index (χ1v) is 11.4. The van der Waals surface area contributed by atoms with Crippen LogP contribution in [0.3, 0.4) is 0 Å². The fourth-order valence-corrected chi connectivity index (χ4v) is 4.19. The Morgan fingerprint density at radius 1 is 1.00 bits per heavy atom. The number of para-hydroxylation sites is 1. The first kappa shape index (κ1) is 24.1. The highest BCUT2D eigenvalue weighted by molar-refractivity contribution is 8.18. The number of nitrogens with one attached hydrogen (secondary N) is 1. The van der Waals surface area contributed by atoms with Crippen LogP contribution in [0.2, 0.25) is 5.02 Å². The van der Waals surface area contributed by atoms with Crippen molar-refractivity contribution in [2.75, 3.05) is 5.32 Å². The van der Waals surface area contributed by atoms with Gasteiger partial charge >= 0.3 is 11.9 Å². The second kappa shape index (κ2) is 10.5. The molecule has 0 radical (unpaired) electrons. The lowest BCUT2D eigenvalue weighted by atomic mass is 10.1. The number of hydrogen-bond acceptors (Lipinski definition) is 6.